The molecule has 0 aliphatic carbocycles. The Morgan fingerprint density at radius 1 is 1.35 bits per heavy atom. The summed E-state index contributed by atoms with van der Waals surface area (Å²) in [7, 11) is 0. The number of carbonyl (C=O) groups is 2. The molecule has 122 valence electrons. The third-order valence-electron chi connectivity index (χ3n) is 3.37. The summed E-state index contributed by atoms with van der Waals surface area (Å²) in [5.74, 6) is -1.43. The molecule has 1 aliphatic rings. The van der Waals surface area contributed by atoms with Gasteiger partial charge in [-0.2, -0.15) is 0 Å². The lowest BCUT2D eigenvalue weighted by molar-refractivity contribution is -0.384. The first-order valence-electron chi connectivity index (χ1n) is 6.96. The van der Waals surface area contributed by atoms with Crippen LogP contribution < -0.4 is 0 Å². The lowest BCUT2D eigenvalue weighted by atomic mass is 10.1. The molecule has 1 aromatic carbocycles. The summed E-state index contributed by atoms with van der Waals surface area (Å²) in [6.07, 6.45) is 1.46. The summed E-state index contributed by atoms with van der Waals surface area (Å²) in [4.78, 5) is 34.6. The summed E-state index contributed by atoms with van der Waals surface area (Å²) >= 11 is 0. The molecule has 1 heterocycles. The molecule has 0 radical (unpaired) electrons. The summed E-state index contributed by atoms with van der Waals surface area (Å²) in [6, 6.07) is 5.76. The molecule has 1 N–H and O–H groups in total. The standard InChI is InChI=1S/C15H16N2O6/c1-10-8-16(9-13(23-10)15(19)20)14(18)7-4-11-2-5-12(6-3-11)17(21)22/h2-7,10,13H,8-9H2,1H3,(H,19,20)/t10-,13?/m1/s1. The largest absolute Gasteiger partial charge is 0.479 e. The minimum absolute atomic E-state index is 0.0108. The van der Waals surface area contributed by atoms with E-state index in [1.807, 2.05) is 0 Å². The number of amides is 1. The van der Waals surface area contributed by atoms with E-state index in [0.29, 0.717) is 12.1 Å². The second-order valence-corrected chi connectivity index (χ2v) is 5.20. The molecular formula is C15H16N2O6. The van der Waals surface area contributed by atoms with Crippen LogP contribution in [0.4, 0.5) is 5.69 Å². The van der Waals surface area contributed by atoms with Gasteiger partial charge in [0.2, 0.25) is 5.91 Å². The van der Waals surface area contributed by atoms with Gasteiger partial charge in [0.1, 0.15) is 0 Å². The monoisotopic (exact) mass is 320 g/mol. The molecule has 1 aliphatic heterocycles. The first-order valence-corrected chi connectivity index (χ1v) is 6.96. The van der Waals surface area contributed by atoms with Crippen molar-refractivity contribution in [1.82, 2.24) is 4.90 Å². The third kappa shape index (κ3) is 4.36. The number of nitrogens with zero attached hydrogens (tertiary/aromatic N) is 2. The molecule has 1 aromatic rings. The van der Waals surface area contributed by atoms with E-state index in [4.69, 9.17) is 9.84 Å². The normalized spacial score (nSPS) is 21.3. The number of hydrogen-bond donors (Lipinski definition) is 1. The Kier molecular flexibility index (Phi) is 5.07. The van der Waals surface area contributed by atoms with Crippen molar-refractivity contribution >= 4 is 23.6 Å². The Bertz CT molecular complexity index is 640. The fraction of sp³-hybridized carbons (Fsp3) is 0.333. The van der Waals surface area contributed by atoms with Gasteiger partial charge in [-0.1, -0.05) is 0 Å². The quantitative estimate of drug-likeness (QED) is 0.509. The number of carbonyl (C=O) groups excluding carboxylic acids is 1. The summed E-state index contributed by atoms with van der Waals surface area (Å²) in [5, 5.41) is 19.6. The number of morpholine rings is 1. The van der Waals surface area contributed by atoms with Gasteiger partial charge >= 0.3 is 5.97 Å². The lowest BCUT2D eigenvalue weighted by Gasteiger charge is -2.34. The number of aliphatic carboxylic acids is 1. The van der Waals surface area contributed by atoms with Crippen LogP contribution in [0.2, 0.25) is 0 Å². The highest BCUT2D eigenvalue weighted by molar-refractivity contribution is 5.92. The molecule has 8 heteroatoms. The third-order valence-corrected chi connectivity index (χ3v) is 3.37. The van der Waals surface area contributed by atoms with E-state index in [-0.39, 0.29) is 24.2 Å². The van der Waals surface area contributed by atoms with Crippen LogP contribution >= 0.6 is 0 Å². The fourth-order valence-corrected chi connectivity index (χ4v) is 2.25. The summed E-state index contributed by atoms with van der Waals surface area (Å²) < 4.78 is 5.25. The first-order chi connectivity index (χ1) is 10.9. The highest BCUT2D eigenvalue weighted by Crippen LogP contribution is 2.15. The smallest absolute Gasteiger partial charge is 0.334 e. The number of ether oxygens (including phenoxy) is 1. The maximum Gasteiger partial charge on any atom is 0.334 e. The number of non-ortho nitro benzene ring substituents is 1. The number of carboxylic acids is 1. The number of nitro groups is 1. The SMILES string of the molecule is C[C@@H]1CN(C(=O)C=Cc2ccc([N+](=O)[O-])cc2)CC(C(=O)O)O1. The first kappa shape index (κ1) is 16.6. The fourth-order valence-electron chi connectivity index (χ4n) is 2.25. The Morgan fingerprint density at radius 3 is 2.57 bits per heavy atom. The number of nitro benzene ring substituents is 1. The molecule has 0 aromatic heterocycles. The molecule has 0 spiro atoms. The molecule has 1 saturated heterocycles. The van der Waals surface area contributed by atoms with Crippen molar-refractivity contribution in [1.29, 1.82) is 0 Å². The average Bonchev–Trinajstić information content (AvgIpc) is 2.52. The number of benzene rings is 1. The van der Waals surface area contributed by atoms with Gasteiger partial charge in [0, 0.05) is 24.8 Å². The molecular weight excluding hydrogens is 304 g/mol. The summed E-state index contributed by atoms with van der Waals surface area (Å²) in [6.45, 7) is 2.01. The Hall–Kier alpha value is -2.74. The van der Waals surface area contributed by atoms with E-state index < -0.39 is 17.0 Å². The summed E-state index contributed by atoms with van der Waals surface area (Å²) in [5.41, 5.74) is 0.611. The molecule has 8 nitrogen and oxygen atoms in total. The van der Waals surface area contributed by atoms with Gasteiger partial charge in [-0.3, -0.25) is 14.9 Å². The van der Waals surface area contributed by atoms with Gasteiger partial charge in [0.25, 0.3) is 5.69 Å². The Labute approximate surface area is 132 Å². The van der Waals surface area contributed by atoms with Crippen LogP contribution in [0.25, 0.3) is 6.08 Å². The average molecular weight is 320 g/mol. The van der Waals surface area contributed by atoms with Gasteiger partial charge < -0.3 is 14.7 Å². The minimum atomic E-state index is -1.10. The predicted octanol–water partition coefficient (Wildman–Crippen LogP) is 1.31. The van der Waals surface area contributed by atoms with E-state index in [1.54, 1.807) is 6.92 Å². The van der Waals surface area contributed by atoms with Crippen molar-refractivity contribution in [2.45, 2.75) is 19.1 Å². The topological polar surface area (TPSA) is 110 Å². The zero-order valence-electron chi connectivity index (χ0n) is 12.4. The minimum Gasteiger partial charge on any atom is -0.479 e. The van der Waals surface area contributed by atoms with Crippen molar-refractivity contribution in [2.24, 2.45) is 0 Å². The van der Waals surface area contributed by atoms with Crippen molar-refractivity contribution in [3.8, 4) is 0 Å². The van der Waals surface area contributed by atoms with Gasteiger partial charge in [-0.15, -0.1) is 0 Å². The zero-order chi connectivity index (χ0) is 17.0. The highest BCUT2D eigenvalue weighted by atomic mass is 16.6. The van der Waals surface area contributed by atoms with Crippen LogP contribution in [0, 0.1) is 10.1 Å². The van der Waals surface area contributed by atoms with Crippen molar-refractivity contribution in [3.05, 3.63) is 46.0 Å². The molecule has 2 atom stereocenters. The van der Waals surface area contributed by atoms with Gasteiger partial charge in [-0.25, -0.2) is 4.79 Å². The molecule has 1 amide bonds. The van der Waals surface area contributed by atoms with E-state index in [2.05, 4.69) is 0 Å². The molecule has 0 bridgehead atoms. The second-order valence-electron chi connectivity index (χ2n) is 5.20. The maximum atomic E-state index is 12.1. The van der Waals surface area contributed by atoms with Crippen LogP contribution in [0.1, 0.15) is 12.5 Å². The van der Waals surface area contributed by atoms with E-state index >= 15 is 0 Å². The Morgan fingerprint density at radius 2 is 2.00 bits per heavy atom. The zero-order valence-corrected chi connectivity index (χ0v) is 12.4. The second kappa shape index (κ2) is 7.01. The van der Waals surface area contributed by atoms with E-state index in [1.165, 1.54) is 41.3 Å². The van der Waals surface area contributed by atoms with E-state index in [0.717, 1.165) is 0 Å². The molecule has 2 rings (SSSR count). The number of rotatable bonds is 4. The van der Waals surface area contributed by atoms with Crippen LogP contribution in [0.3, 0.4) is 0 Å². The van der Waals surface area contributed by atoms with Crippen molar-refractivity contribution in [3.63, 3.8) is 0 Å². The van der Waals surface area contributed by atoms with Crippen LogP contribution in [-0.2, 0) is 14.3 Å². The molecule has 1 unspecified atom stereocenters. The van der Waals surface area contributed by atoms with Crippen LogP contribution in [0.5, 0.6) is 0 Å². The van der Waals surface area contributed by atoms with Crippen LogP contribution in [-0.4, -0.2) is 52.1 Å². The van der Waals surface area contributed by atoms with Gasteiger partial charge in [0.15, 0.2) is 6.10 Å². The Balaban J connectivity index is 2.02. The lowest BCUT2D eigenvalue weighted by Crippen LogP contribution is -2.51. The maximum absolute atomic E-state index is 12.1. The molecule has 1 fully saturated rings. The highest BCUT2D eigenvalue weighted by Gasteiger charge is 2.31. The van der Waals surface area contributed by atoms with Gasteiger partial charge in [0.05, 0.1) is 17.6 Å². The number of carboxylic acid groups (broad SMARTS) is 1. The van der Waals surface area contributed by atoms with Gasteiger partial charge in [-0.05, 0) is 30.7 Å². The predicted molar refractivity (Wildman–Crippen MR) is 80.7 cm³/mol. The van der Waals surface area contributed by atoms with E-state index in [9.17, 15) is 19.7 Å². The molecule has 23 heavy (non-hydrogen) atoms. The number of hydrogen-bond acceptors (Lipinski definition) is 5. The molecule has 0 saturated carbocycles. The van der Waals surface area contributed by atoms with Crippen molar-refractivity contribution < 1.29 is 24.4 Å². The van der Waals surface area contributed by atoms with Crippen LogP contribution in [0.15, 0.2) is 30.3 Å². The van der Waals surface area contributed by atoms with Crippen molar-refractivity contribution in [2.75, 3.05) is 13.1 Å².